The Bertz CT molecular complexity index is 593. The summed E-state index contributed by atoms with van der Waals surface area (Å²) in [5.41, 5.74) is 5.52. The van der Waals surface area contributed by atoms with E-state index in [1.807, 2.05) is 12.1 Å². The van der Waals surface area contributed by atoms with Gasteiger partial charge < -0.3 is 37.2 Å². The van der Waals surface area contributed by atoms with Gasteiger partial charge in [0.2, 0.25) is 0 Å². The van der Waals surface area contributed by atoms with E-state index in [-0.39, 0.29) is 37.2 Å². The minimum Gasteiger partial charge on any atom is -1.00 e. The second-order valence-electron chi connectivity index (χ2n) is 4.17. The molecule has 0 aromatic heterocycles. The number of halogens is 4. The molecule has 0 nitrogen and oxygen atoms in total. The van der Waals surface area contributed by atoms with E-state index in [1.165, 1.54) is 47.0 Å². The van der Waals surface area contributed by atoms with Crippen LogP contribution in [-0.4, -0.2) is 0 Å². The fourth-order valence-corrected chi connectivity index (χ4v) is 3.60. The van der Waals surface area contributed by atoms with Crippen molar-refractivity contribution in [2.75, 3.05) is 0 Å². The summed E-state index contributed by atoms with van der Waals surface area (Å²) in [5, 5.41) is 0.797. The van der Waals surface area contributed by atoms with Crippen molar-refractivity contribution in [1.29, 1.82) is 0 Å². The Balaban J connectivity index is 0.00000120. The molecule has 1 atom stereocenters. The molecule has 0 aliphatic heterocycles. The van der Waals surface area contributed by atoms with E-state index in [9.17, 15) is 0 Å². The third-order valence-corrected chi connectivity index (χ3v) is 4.89. The van der Waals surface area contributed by atoms with Crippen molar-refractivity contribution in [3.05, 3.63) is 70.2 Å². The Morgan fingerprint density at radius 1 is 0.850 bits per heavy atom. The summed E-state index contributed by atoms with van der Waals surface area (Å²) in [5.74, 6) is 0. The van der Waals surface area contributed by atoms with E-state index in [0.717, 1.165) is 5.02 Å². The fraction of sp³-hybridized carbons (Fsp3) is 0.0667. The van der Waals surface area contributed by atoms with Crippen LogP contribution in [-0.2, 0) is 24.7 Å². The van der Waals surface area contributed by atoms with Gasteiger partial charge in [-0.15, -0.1) is 0 Å². The number of hydrogen-bond donors (Lipinski definition) is 0. The predicted molar refractivity (Wildman–Crippen MR) is 68.5 cm³/mol. The van der Waals surface area contributed by atoms with Gasteiger partial charge in [-0.3, -0.25) is 0 Å². The quantitative estimate of drug-likeness (QED) is 0.434. The van der Waals surface area contributed by atoms with Crippen molar-refractivity contribution in [3.8, 4) is 0 Å². The van der Waals surface area contributed by atoms with Crippen LogP contribution < -0.4 is 37.2 Å². The first-order chi connectivity index (χ1) is 8.25. The van der Waals surface area contributed by atoms with Gasteiger partial charge in [0.15, 0.2) is 0 Å². The van der Waals surface area contributed by atoms with Crippen molar-refractivity contribution >= 4 is 23.3 Å². The molecule has 0 N–H and O–H groups in total. The van der Waals surface area contributed by atoms with Crippen molar-refractivity contribution in [3.63, 3.8) is 0 Å². The van der Waals surface area contributed by atoms with Crippen LogP contribution >= 0.6 is 11.6 Å². The van der Waals surface area contributed by atoms with Crippen LogP contribution in [0.2, 0.25) is 5.02 Å². The number of allylic oxidation sites excluding steroid dienone is 1. The molecule has 1 unspecified atom stereocenters. The molecule has 0 heterocycles. The number of fused-ring (bicyclic) bond motifs is 1. The summed E-state index contributed by atoms with van der Waals surface area (Å²) in [4.78, 5) is 0. The van der Waals surface area contributed by atoms with Crippen LogP contribution in [0.1, 0.15) is 20.3 Å². The normalized spacial score (nSPS) is 15.2. The molecule has 20 heavy (non-hydrogen) atoms. The summed E-state index contributed by atoms with van der Waals surface area (Å²) >= 11 is 7.47. The average Bonchev–Trinajstić information content (AvgIpc) is 2.69. The molecular formula is C15H10Cl4Zr. The minimum atomic E-state index is 0. The summed E-state index contributed by atoms with van der Waals surface area (Å²) in [6.07, 6.45) is 2.30. The number of hydrogen-bond acceptors (Lipinski definition) is 0. The van der Waals surface area contributed by atoms with E-state index in [0.29, 0.717) is 3.63 Å². The third-order valence-electron chi connectivity index (χ3n) is 3.11. The maximum absolute atomic E-state index is 5.93. The Kier molecular flexibility index (Phi) is 8.71. The second-order valence-corrected chi connectivity index (χ2v) is 6.02. The van der Waals surface area contributed by atoms with E-state index < -0.39 is 0 Å². The zero-order valence-electron chi connectivity index (χ0n) is 10.3. The maximum atomic E-state index is 5.93. The van der Waals surface area contributed by atoms with Crippen molar-refractivity contribution in [1.82, 2.24) is 0 Å². The van der Waals surface area contributed by atoms with Crippen LogP contribution in [0.5, 0.6) is 0 Å². The van der Waals surface area contributed by atoms with Crippen LogP contribution in [0, 0.1) is 0 Å². The van der Waals surface area contributed by atoms with Gasteiger partial charge in [0.05, 0.1) is 0 Å². The Morgan fingerprint density at radius 3 is 2.05 bits per heavy atom. The van der Waals surface area contributed by atoms with Gasteiger partial charge in [-0.2, -0.15) is 0 Å². The molecular weight excluding hydrogens is 413 g/mol. The molecule has 0 spiro atoms. The molecule has 2 aromatic carbocycles. The van der Waals surface area contributed by atoms with Gasteiger partial charge in [-0.05, 0) is 0 Å². The largest absolute Gasteiger partial charge is 1.00 e. The maximum Gasteiger partial charge on any atom is -1.00 e. The van der Waals surface area contributed by atoms with Crippen molar-refractivity contribution in [2.45, 2.75) is 3.63 Å². The molecule has 5 heteroatoms. The SMILES string of the molecule is Clc1ccc(C2=Cc3ccccc3[CH]2[Zr+3])cc1.[Cl-].[Cl-].[Cl-]. The molecule has 0 amide bonds. The summed E-state index contributed by atoms with van der Waals surface area (Å²) in [6, 6.07) is 16.8. The standard InChI is InChI=1S/C15H10Cl.3ClH.Zr/c16-15-7-5-11(6-8-15)14-9-12-3-1-2-4-13(12)10-14;;;;/h1-10H;3*1H;/q;;;;+3/p-3. The fourth-order valence-electron chi connectivity index (χ4n) is 2.22. The summed E-state index contributed by atoms with van der Waals surface area (Å²) < 4.78 is 0.555. The first-order valence-electron chi connectivity index (χ1n) is 5.53. The van der Waals surface area contributed by atoms with Gasteiger partial charge in [0, 0.05) is 0 Å². The molecule has 1 aliphatic rings. The van der Waals surface area contributed by atoms with Crippen LogP contribution in [0.25, 0.3) is 11.6 Å². The van der Waals surface area contributed by atoms with Gasteiger partial charge in [0.25, 0.3) is 0 Å². The van der Waals surface area contributed by atoms with Crippen LogP contribution in [0.4, 0.5) is 0 Å². The first kappa shape index (κ1) is 20.2. The molecule has 0 saturated heterocycles. The Morgan fingerprint density at radius 2 is 1.45 bits per heavy atom. The zero-order valence-corrected chi connectivity index (χ0v) is 15.8. The van der Waals surface area contributed by atoms with Crippen LogP contribution in [0.15, 0.2) is 48.5 Å². The molecule has 2 aromatic rings. The Labute approximate surface area is 158 Å². The molecule has 0 fully saturated rings. The molecule has 0 radical (unpaired) electrons. The minimum absolute atomic E-state index is 0. The topological polar surface area (TPSA) is 0 Å². The van der Waals surface area contributed by atoms with Gasteiger partial charge in [-0.25, -0.2) is 0 Å². The van der Waals surface area contributed by atoms with Crippen LogP contribution in [0.3, 0.4) is 0 Å². The third kappa shape index (κ3) is 3.90. The van der Waals surface area contributed by atoms with Crippen molar-refractivity contribution < 1.29 is 61.9 Å². The average molecular weight is 423 g/mol. The Hall–Kier alpha value is 0.223. The number of rotatable bonds is 1. The van der Waals surface area contributed by atoms with E-state index in [2.05, 4.69) is 42.5 Å². The molecule has 102 valence electrons. The van der Waals surface area contributed by atoms with Crippen molar-refractivity contribution in [2.24, 2.45) is 0 Å². The molecule has 3 rings (SSSR count). The molecule has 1 aliphatic carbocycles. The second kappa shape index (κ2) is 8.61. The molecule has 0 bridgehead atoms. The first-order valence-corrected chi connectivity index (χ1v) is 7.33. The smallest absolute Gasteiger partial charge is 1.00 e. The van der Waals surface area contributed by atoms with Gasteiger partial charge in [0.1, 0.15) is 0 Å². The van der Waals surface area contributed by atoms with E-state index in [1.54, 1.807) is 0 Å². The van der Waals surface area contributed by atoms with E-state index >= 15 is 0 Å². The number of benzene rings is 2. The predicted octanol–water partition coefficient (Wildman–Crippen LogP) is -4.51. The molecule has 0 saturated carbocycles. The van der Waals surface area contributed by atoms with Gasteiger partial charge in [-0.1, -0.05) is 0 Å². The monoisotopic (exact) mass is 420 g/mol. The summed E-state index contributed by atoms with van der Waals surface area (Å²) in [6.45, 7) is 0. The summed E-state index contributed by atoms with van der Waals surface area (Å²) in [7, 11) is 0. The van der Waals surface area contributed by atoms with Gasteiger partial charge >= 0.3 is 122 Å². The zero-order chi connectivity index (χ0) is 11.8. The van der Waals surface area contributed by atoms with E-state index in [4.69, 9.17) is 11.6 Å².